The number of amides is 1. The van der Waals surface area contributed by atoms with Gasteiger partial charge in [0.15, 0.2) is 0 Å². The lowest BCUT2D eigenvalue weighted by Gasteiger charge is -2.30. The molecule has 29 heavy (non-hydrogen) atoms. The van der Waals surface area contributed by atoms with Crippen LogP contribution < -0.4 is 10.2 Å². The lowest BCUT2D eigenvalue weighted by molar-refractivity contribution is 0.102. The normalized spacial score (nSPS) is 14.5. The van der Waals surface area contributed by atoms with Crippen LogP contribution in [0.25, 0.3) is 0 Å². The highest BCUT2D eigenvalue weighted by atomic mass is 79.9. The van der Waals surface area contributed by atoms with E-state index in [0.29, 0.717) is 24.8 Å². The van der Waals surface area contributed by atoms with Crippen molar-refractivity contribution in [1.29, 1.82) is 0 Å². The molecule has 0 spiro atoms. The summed E-state index contributed by atoms with van der Waals surface area (Å²) in [7, 11) is 0. The van der Waals surface area contributed by atoms with Crippen molar-refractivity contribution >= 4 is 33.2 Å². The molecule has 0 radical (unpaired) electrons. The Morgan fingerprint density at radius 3 is 2.48 bits per heavy atom. The molecule has 0 unspecified atom stereocenters. The molecule has 1 N–H and O–H groups in total. The number of carbonyl (C=O) groups is 1. The molecule has 5 nitrogen and oxygen atoms in total. The van der Waals surface area contributed by atoms with E-state index in [1.807, 2.05) is 42.5 Å². The summed E-state index contributed by atoms with van der Waals surface area (Å²) in [5, 5.41) is 3.09. The standard InChI is InChI=1S/C23H30BrN3O2/c1-4-26(17(2)3)16-18-5-7-19(8-6-18)23(28)25-21-15-20(24)9-10-22(21)27-11-13-29-14-12-27/h5-10,15,17H,4,11-14,16H2,1-3H3,(H,25,28). The van der Waals surface area contributed by atoms with Crippen molar-refractivity contribution < 1.29 is 9.53 Å². The summed E-state index contributed by atoms with van der Waals surface area (Å²) in [5.74, 6) is -0.0969. The number of nitrogens with one attached hydrogen (secondary N) is 1. The zero-order chi connectivity index (χ0) is 20.8. The Balaban J connectivity index is 1.72. The zero-order valence-electron chi connectivity index (χ0n) is 17.5. The Hall–Kier alpha value is -1.89. The van der Waals surface area contributed by atoms with Gasteiger partial charge in [-0.2, -0.15) is 0 Å². The average Bonchev–Trinajstić information content (AvgIpc) is 2.73. The number of benzene rings is 2. The van der Waals surface area contributed by atoms with Gasteiger partial charge in [0, 0.05) is 35.7 Å². The molecule has 0 bridgehead atoms. The van der Waals surface area contributed by atoms with E-state index in [2.05, 4.69) is 51.8 Å². The van der Waals surface area contributed by atoms with Crippen molar-refractivity contribution in [1.82, 2.24) is 4.90 Å². The molecular formula is C23H30BrN3O2. The minimum absolute atomic E-state index is 0.0969. The highest BCUT2D eigenvalue weighted by molar-refractivity contribution is 9.10. The van der Waals surface area contributed by atoms with Gasteiger partial charge in [0.2, 0.25) is 0 Å². The van der Waals surface area contributed by atoms with Crippen molar-refractivity contribution in [3.05, 3.63) is 58.1 Å². The van der Waals surface area contributed by atoms with E-state index in [0.717, 1.165) is 42.0 Å². The van der Waals surface area contributed by atoms with Crippen LogP contribution in [0.1, 0.15) is 36.7 Å². The number of carbonyl (C=O) groups excluding carboxylic acids is 1. The first-order valence-corrected chi connectivity index (χ1v) is 11.0. The third-order valence-corrected chi connectivity index (χ3v) is 5.79. The fourth-order valence-electron chi connectivity index (χ4n) is 3.54. The van der Waals surface area contributed by atoms with Gasteiger partial charge in [0.1, 0.15) is 0 Å². The van der Waals surface area contributed by atoms with Gasteiger partial charge < -0.3 is 15.0 Å². The van der Waals surface area contributed by atoms with Crippen LogP contribution in [-0.4, -0.2) is 49.7 Å². The molecule has 2 aromatic rings. The van der Waals surface area contributed by atoms with Gasteiger partial charge in [-0.3, -0.25) is 9.69 Å². The smallest absolute Gasteiger partial charge is 0.255 e. The van der Waals surface area contributed by atoms with Crippen molar-refractivity contribution in [2.75, 3.05) is 43.1 Å². The molecule has 0 aliphatic carbocycles. The van der Waals surface area contributed by atoms with Gasteiger partial charge in [-0.15, -0.1) is 0 Å². The summed E-state index contributed by atoms with van der Waals surface area (Å²) in [6.45, 7) is 11.5. The van der Waals surface area contributed by atoms with Crippen molar-refractivity contribution in [2.45, 2.75) is 33.4 Å². The fourth-order valence-corrected chi connectivity index (χ4v) is 3.90. The maximum absolute atomic E-state index is 12.9. The van der Waals surface area contributed by atoms with Crippen LogP contribution in [0.2, 0.25) is 0 Å². The Labute approximate surface area is 182 Å². The van der Waals surface area contributed by atoms with Gasteiger partial charge >= 0.3 is 0 Å². The Bertz CT molecular complexity index is 817. The van der Waals surface area contributed by atoms with Gasteiger partial charge in [-0.05, 0) is 56.3 Å². The summed E-state index contributed by atoms with van der Waals surface area (Å²) in [5.41, 5.74) is 3.71. The number of rotatable bonds is 7. The lowest BCUT2D eigenvalue weighted by atomic mass is 10.1. The number of anilines is 2. The Kier molecular flexibility index (Phi) is 7.70. The van der Waals surface area contributed by atoms with E-state index in [-0.39, 0.29) is 5.91 Å². The largest absolute Gasteiger partial charge is 0.378 e. The minimum atomic E-state index is -0.0969. The monoisotopic (exact) mass is 459 g/mol. The molecule has 6 heteroatoms. The molecule has 3 rings (SSSR count). The average molecular weight is 460 g/mol. The van der Waals surface area contributed by atoms with Crippen LogP contribution in [0.4, 0.5) is 11.4 Å². The predicted molar refractivity (Wildman–Crippen MR) is 123 cm³/mol. The SMILES string of the molecule is CCN(Cc1ccc(C(=O)Nc2cc(Br)ccc2N2CCOCC2)cc1)C(C)C. The molecule has 0 atom stereocenters. The number of hydrogen-bond acceptors (Lipinski definition) is 4. The maximum Gasteiger partial charge on any atom is 0.255 e. The van der Waals surface area contributed by atoms with Crippen LogP contribution in [0, 0.1) is 0 Å². The van der Waals surface area contributed by atoms with E-state index in [1.54, 1.807) is 0 Å². The highest BCUT2D eigenvalue weighted by Gasteiger charge is 2.17. The molecule has 1 heterocycles. The van der Waals surface area contributed by atoms with Crippen LogP contribution >= 0.6 is 15.9 Å². The molecule has 1 amide bonds. The van der Waals surface area contributed by atoms with E-state index in [9.17, 15) is 4.79 Å². The zero-order valence-corrected chi connectivity index (χ0v) is 19.0. The summed E-state index contributed by atoms with van der Waals surface area (Å²) >= 11 is 3.52. The van der Waals surface area contributed by atoms with Gasteiger partial charge in [0.25, 0.3) is 5.91 Å². The van der Waals surface area contributed by atoms with Crippen molar-refractivity contribution in [2.24, 2.45) is 0 Å². The predicted octanol–water partition coefficient (Wildman–Crippen LogP) is 4.77. The van der Waals surface area contributed by atoms with E-state index >= 15 is 0 Å². The molecule has 1 aliphatic rings. The van der Waals surface area contributed by atoms with Crippen LogP contribution in [0.5, 0.6) is 0 Å². The third-order valence-electron chi connectivity index (χ3n) is 5.30. The first-order chi connectivity index (χ1) is 14.0. The van der Waals surface area contributed by atoms with E-state index < -0.39 is 0 Å². The number of halogens is 1. The molecule has 2 aromatic carbocycles. The van der Waals surface area contributed by atoms with Gasteiger partial charge in [0.05, 0.1) is 24.6 Å². The van der Waals surface area contributed by atoms with Crippen LogP contribution in [0.15, 0.2) is 46.9 Å². The Morgan fingerprint density at radius 1 is 1.17 bits per heavy atom. The van der Waals surface area contributed by atoms with Crippen molar-refractivity contribution in [3.63, 3.8) is 0 Å². The number of hydrogen-bond donors (Lipinski definition) is 1. The van der Waals surface area contributed by atoms with Crippen LogP contribution in [-0.2, 0) is 11.3 Å². The fraction of sp³-hybridized carbons (Fsp3) is 0.435. The molecular weight excluding hydrogens is 430 g/mol. The van der Waals surface area contributed by atoms with Gasteiger partial charge in [-0.1, -0.05) is 35.0 Å². The molecule has 0 saturated carbocycles. The van der Waals surface area contributed by atoms with Crippen molar-refractivity contribution in [3.8, 4) is 0 Å². The van der Waals surface area contributed by atoms with Crippen LogP contribution in [0.3, 0.4) is 0 Å². The van der Waals surface area contributed by atoms with Gasteiger partial charge in [-0.25, -0.2) is 0 Å². The van der Waals surface area contributed by atoms with E-state index in [4.69, 9.17) is 4.74 Å². The van der Waals surface area contributed by atoms with E-state index in [1.165, 1.54) is 5.56 Å². The summed E-state index contributed by atoms with van der Waals surface area (Å²) in [6.07, 6.45) is 0. The highest BCUT2D eigenvalue weighted by Crippen LogP contribution is 2.30. The maximum atomic E-state index is 12.9. The number of ether oxygens (including phenoxy) is 1. The summed E-state index contributed by atoms with van der Waals surface area (Å²) in [6, 6.07) is 14.4. The molecule has 156 valence electrons. The quantitative estimate of drug-likeness (QED) is 0.647. The second kappa shape index (κ2) is 10.2. The molecule has 1 saturated heterocycles. The lowest BCUT2D eigenvalue weighted by Crippen LogP contribution is -2.36. The summed E-state index contributed by atoms with van der Waals surface area (Å²) < 4.78 is 6.39. The topological polar surface area (TPSA) is 44.8 Å². The third kappa shape index (κ3) is 5.81. The summed E-state index contributed by atoms with van der Waals surface area (Å²) in [4.78, 5) is 17.5. The first-order valence-electron chi connectivity index (χ1n) is 10.2. The second-order valence-electron chi connectivity index (χ2n) is 7.57. The Morgan fingerprint density at radius 2 is 1.86 bits per heavy atom. The molecule has 1 aliphatic heterocycles. The number of nitrogens with zero attached hydrogens (tertiary/aromatic N) is 2. The second-order valence-corrected chi connectivity index (χ2v) is 8.48. The molecule has 0 aromatic heterocycles. The molecule has 1 fully saturated rings. The number of morpholine rings is 1. The minimum Gasteiger partial charge on any atom is -0.378 e. The first kappa shape index (κ1) is 21.8.